The molecule has 0 radical (unpaired) electrons. The van der Waals surface area contributed by atoms with Gasteiger partial charge in [0.25, 0.3) is 0 Å². The predicted molar refractivity (Wildman–Crippen MR) is 68.2 cm³/mol. The van der Waals surface area contributed by atoms with Crippen LogP contribution in [0.1, 0.15) is 0 Å². The van der Waals surface area contributed by atoms with Crippen molar-refractivity contribution in [1.29, 1.82) is 0 Å². The van der Waals surface area contributed by atoms with Gasteiger partial charge in [0, 0.05) is 19.8 Å². The van der Waals surface area contributed by atoms with Gasteiger partial charge < -0.3 is 16.0 Å². The predicted octanol–water partition coefficient (Wildman–Crippen LogP) is 1.40. The van der Waals surface area contributed by atoms with Crippen molar-refractivity contribution < 1.29 is 4.39 Å². The quantitative estimate of drug-likeness (QED) is 0.854. The van der Waals surface area contributed by atoms with Crippen molar-refractivity contribution in [2.75, 3.05) is 30.0 Å². The first-order valence-corrected chi connectivity index (χ1v) is 5.26. The molecule has 0 aliphatic rings. The maximum atomic E-state index is 12.8. The minimum Gasteiger partial charge on any atom is -0.368 e. The monoisotopic (exact) mass is 248 g/mol. The van der Waals surface area contributed by atoms with E-state index in [2.05, 4.69) is 20.3 Å². The third-order valence-corrected chi connectivity index (χ3v) is 2.14. The van der Waals surface area contributed by atoms with Gasteiger partial charge in [-0.05, 0) is 24.3 Å². The van der Waals surface area contributed by atoms with Crippen LogP contribution in [-0.2, 0) is 0 Å². The van der Waals surface area contributed by atoms with Crippen LogP contribution in [0.25, 0.3) is 0 Å². The van der Waals surface area contributed by atoms with E-state index in [1.807, 2.05) is 0 Å². The molecule has 0 spiro atoms. The van der Waals surface area contributed by atoms with Gasteiger partial charge in [-0.2, -0.15) is 15.0 Å². The molecular weight excluding hydrogens is 235 g/mol. The number of rotatable bonds is 3. The molecule has 1 aromatic heterocycles. The van der Waals surface area contributed by atoms with Crippen molar-refractivity contribution in [3.05, 3.63) is 30.1 Å². The second-order valence-corrected chi connectivity index (χ2v) is 3.84. The average molecular weight is 248 g/mol. The summed E-state index contributed by atoms with van der Waals surface area (Å²) >= 11 is 0. The Morgan fingerprint density at radius 2 is 1.78 bits per heavy atom. The highest BCUT2D eigenvalue weighted by molar-refractivity contribution is 5.55. The molecule has 2 rings (SSSR count). The summed E-state index contributed by atoms with van der Waals surface area (Å²) in [6.07, 6.45) is 0. The van der Waals surface area contributed by atoms with Crippen LogP contribution in [0.15, 0.2) is 24.3 Å². The Balaban J connectivity index is 2.26. The minimum atomic E-state index is -0.301. The second kappa shape index (κ2) is 4.82. The van der Waals surface area contributed by atoms with Gasteiger partial charge in [0.1, 0.15) is 5.82 Å². The number of nitrogens with one attached hydrogen (secondary N) is 1. The summed E-state index contributed by atoms with van der Waals surface area (Å²) in [5, 5.41) is 2.93. The molecule has 0 aliphatic heterocycles. The maximum Gasteiger partial charge on any atom is 0.233 e. The minimum absolute atomic E-state index is 0.123. The molecule has 1 aromatic carbocycles. The Labute approximate surface area is 104 Å². The Kier molecular flexibility index (Phi) is 3.22. The molecule has 0 saturated carbocycles. The maximum absolute atomic E-state index is 12.8. The molecule has 1 heterocycles. The van der Waals surface area contributed by atoms with E-state index in [-0.39, 0.29) is 11.8 Å². The zero-order valence-electron chi connectivity index (χ0n) is 10.1. The molecule has 0 bridgehead atoms. The van der Waals surface area contributed by atoms with Crippen LogP contribution in [0.4, 0.5) is 27.9 Å². The number of nitrogen functional groups attached to an aromatic ring is 1. The first-order chi connectivity index (χ1) is 8.54. The smallest absolute Gasteiger partial charge is 0.233 e. The number of halogens is 1. The normalized spacial score (nSPS) is 10.2. The van der Waals surface area contributed by atoms with Crippen LogP contribution < -0.4 is 16.0 Å². The number of nitrogens with two attached hydrogens (primary N) is 1. The Morgan fingerprint density at radius 1 is 1.11 bits per heavy atom. The Bertz CT molecular complexity index is 540. The van der Waals surface area contributed by atoms with E-state index in [0.29, 0.717) is 17.6 Å². The number of hydrogen-bond acceptors (Lipinski definition) is 6. The Morgan fingerprint density at radius 3 is 2.39 bits per heavy atom. The molecule has 0 unspecified atom stereocenters. The number of aromatic nitrogens is 3. The molecule has 94 valence electrons. The summed E-state index contributed by atoms with van der Waals surface area (Å²) < 4.78 is 12.8. The summed E-state index contributed by atoms with van der Waals surface area (Å²) in [4.78, 5) is 13.8. The highest BCUT2D eigenvalue weighted by Crippen LogP contribution is 2.15. The van der Waals surface area contributed by atoms with E-state index in [0.717, 1.165) is 0 Å². The molecule has 0 atom stereocenters. The van der Waals surface area contributed by atoms with E-state index in [1.54, 1.807) is 31.1 Å². The lowest BCUT2D eigenvalue weighted by molar-refractivity contribution is 0.628. The molecule has 0 aliphatic carbocycles. The fraction of sp³-hybridized carbons (Fsp3) is 0.182. The van der Waals surface area contributed by atoms with Crippen LogP contribution in [0.2, 0.25) is 0 Å². The SMILES string of the molecule is CN(C)c1nc(N)nc(Nc2ccc(F)cc2)n1. The van der Waals surface area contributed by atoms with E-state index in [1.165, 1.54) is 12.1 Å². The fourth-order valence-corrected chi connectivity index (χ4v) is 1.30. The molecule has 0 amide bonds. The molecule has 7 heteroatoms. The van der Waals surface area contributed by atoms with Gasteiger partial charge in [0.05, 0.1) is 0 Å². The largest absolute Gasteiger partial charge is 0.368 e. The summed E-state index contributed by atoms with van der Waals surface area (Å²) in [6.45, 7) is 0. The lowest BCUT2D eigenvalue weighted by atomic mass is 10.3. The molecule has 6 nitrogen and oxygen atoms in total. The van der Waals surface area contributed by atoms with Crippen molar-refractivity contribution in [2.45, 2.75) is 0 Å². The van der Waals surface area contributed by atoms with Crippen LogP contribution in [0.3, 0.4) is 0 Å². The molecule has 0 saturated heterocycles. The van der Waals surface area contributed by atoms with Crippen LogP contribution >= 0.6 is 0 Å². The number of benzene rings is 1. The van der Waals surface area contributed by atoms with E-state index in [4.69, 9.17) is 5.73 Å². The molecular formula is C11H13FN6. The van der Waals surface area contributed by atoms with Gasteiger partial charge in [-0.15, -0.1) is 0 Å². The number of hydrogen-bond donors (Lipinski definition) is 2. The zero-order valence-corrected chi connectivity index (χ0v) is 10.1. The molecule has 0 fully saturated rings. The molecule has 2 aromatic rings. The van der Waals surface area contributed by atoms with Crippen molar-refractivity contribution >= 4 is 23.5 Å². The van der Waals surface area contributed by atoms with E-state index < -0.39 is 0 Å². The molecule has 3 N–H and O–H groups in total. The van der Waals surface area contributed by atoms with Gasteiger partial charge in [0.15, 0.2) is 0 Å². The van der Waals surface area contributed by atoms with Crippen molar-refractivity contribution in [3.8, 4) is 0 Å². The van der Waals surface area contributed by atoms with Gasteiger partial charge in [-0.3, -0.25) is 0 Å². The van der Waals surface area contributed by atoms with Crippen molar-refractivity contribution in [1.82, 2.24) is 15.0 Å². The fourth-order valence-electron chi connectivity index (χ4n) is 1.30. The highest BCUT2D eigenvalue weighted by atomic mass is 19.1. The van der Waals surface area contributed by atoms with Gasteiger partial charge in [-0.25, -0.2) is 4.39 Å². The highest BCUT2D eigenvalue weighted by Gasteiger charge is 2.06. The number of anilines is 4. The lowest BCUT2D eigenvalue weighted by Gasteiger charge is -2.12. The first kappa shape index (κ1) is 12.0. The topological polar surface area (TPSA) is 80.0 Å². The first-order valence-electron chi connectivity index (χ1n) is 5.26. The molecule has 18 heavy (non-hydrogen) atoms. The third kappa shape index (κ3) is 2.82. The summed E-state index contributed by atoms with van der Waals surface area (Å²) in [5.74, 6) is 0.591. The summed E-state index contributed by atoms with van der Waals surface area (Å²) in [6, 6.07) is 5.87. The van der Waals surface area contributed by atoms with Crippen molar-refractivity contribution in [3.63, 3.8) is 0 Å². The summed E-state index contributed by atoms with van der Waals surface area (Å²) in [5.41, 5.74) is 6.26. The third-order valence-electron chi connectivity index (χ3n) is 2.14. The van der Waals surface area contributed by atoms with Crippen molar-refractivity contribution in [2.24, 2.45) is 0 Å². The van der Waals surface area contributed by atoms with Gasteiger partial charge in [-0.1, -0.05) is 0 Å². The number of nitrogens with zero attached hydrogens (tertiary/aromatic N) is 4. The van der Waals surface area contributed by atoms with Crippen LogP contribution in [0, 0.1) is 5.82 Å². The van der Waals surface area contributed by atoms with Gasteiger partial charge in [0.2, 0.25) is 17.8 Å². The standard InChI is InChI=1S/C11H13FN6/c1-18(2)11-16-9(13)15-10(17-11)14-8-5-3-7(12)4-6-8/h3-6H,1-2H3,(H3,13,14,15,16,17). The average Bonchev–Trinajstić information content (AvgIpc) is 2.31. The van der Waals surface area contributed by atoms with Crippen LogP contribution in [0.5, 0.6) is 0 Å². The zero-order chi connectivity index (χ0) is 13.1. The van der Waals surface area contributed by atoms with Gasteiger partial charge >= 0.3 is 0 Å². The van der Waals surface area contributed by atoms with E-state index >= 15 is 0 Å². The summed E-state index contributed by atoms with van der Waals surface area (Å²) in [7, 11) is 3.60. The lowest BCUT2D eigenvalue weighted by Crippen LogP contribution is -2.15. The van der Waals surface area contributed by atoms with E-state index in [9.17, 15) is 4.39 Å². The van der Waals surface area contributed by atoms with Crippen LogP contribution in [-0.4, -0.2) is 29.0 Å². The Hall–Kier alpha value is -2.44. The second-order valence-electron chi connectivity index (χ2n) is 3.84.